The highest BCUT2D eigenvalue weighted by atomic mass is 19.1. The number of hydrogen-bond donors (Lipinski definition) is 0. The minimum Gasteiger partial charge on any atom is -0.493 e. The maximum absolute atomic E-state index is 13.4. The summed E-state index contributed by atoms with van der Waals surface area (Å²) in [5, 5.41) is 0. The van der Waals surface area contributed by atoms with Crippen LogP contribution < -0.4 is 14.2 Å². The molecule has 166 valence electrons. The van der Waals surface area contributed by atoms with Gasteiger partial charge in [-0.2, -0.15) is 0 Å². The van der Waals surface area contributed by atoms with Crippen LogP contribution in [0.5, 0.6) is 17.2 Å². The molecule has 1 aliphatic rings. The molecule has 0 radical (unpaired) electrons. The van der Waals surface area contributed by atoms with Crippen molar-refractivity contribution in [2.45, 2.75) is 19.4 Å². The average Bonchev–Trinajstić information content (AvgIpc) is 2.82. The summed E-state index contributed by atoms with van der Waals surface area (Å²) in [7, 11) is 3.20. The van der Waals surface area contributed by atoms with Crippen molar-refractivity contribution in [1.82, 2.24) is 4.90 Å². The SMILES string of the molecule is COc1cc2c(cc1OC)[C@@H](COc1ccc(F)cc1)N(C(=O)c1ccc(C)cc1)CC2. The highest BCUT2D eigenvalue weighted by molar-refractivity contribution is 5.94. The molecule has 0 bridgehead atoms. The molecule has 0 unspecified atom stereocenters. The van der Waals surface area contributed by atoms with Gasteiger partial charge in [0.15, 0.2) is 11.5 Å². The van der Waals surface area contributed by atoms with Crippen molar-refractivity contribution < 1.29 is 23.4 Å². The number of carbonyl (C=O) groups excluding carboxylic acids is 1. The zero-order valence-corrected chi connectivity index (χ0v) is 18.4. The molecule has 0 saturated heterocycles. The number of ether oxygens (including phenoxy) is 3. The van der Waals surface area contributed by atoms with Crippen molar-refractivity contribution in [3.05, 3.63) is 88.7 Å². The van der Waals surface area contributed by atoms with Crippen LogP contribution in [0.25, 0.3) is 0 Å². The predicted molar refractivity (Wildman–Crippen MR) is 120 cm³/mol. The fourth-order valence-electron chi connectivity index (χ4n) is 4.02. The van der Waals surface area contributed by atoms with Crippen molar-refractivity contribution in [3.63, 3.8) is 0 Å². The lowest BCUT2D eigenvalue weighted by Crippen LogP contribution is -2.42. The molecular weight excluding hydrogens is 409 g/mol. The van der Waals surface area contributed by atoms with E-state index in [4.69, 9.17) is 14.2 Å². The minimum absolute atomic E-state index is 0.0573. The third-order valence-corrected chi connectivity index (χ3v) is 5.78. The van der Waals surface area contributed by atoms with Crippen LogP contribution in [-0.2, 0) is 6.42 Å². The van der Waals surface area contributed by atoms with E-state index >= 15 is 0 Å². The predicted octanol–water partition coefficient (Wildman–Crippen LogP) is 4.97. The molecule has 5 nitrogen and oxygen atoms in total. The third kappa shape index (κ3) is 4.40. The number of benzene rings is 3. The Bertz CT molecular complexity index is 1100. The normalized spacial score (nSPS) is 15.1. The quantitative estimate of drug-likeness (QED) is 0.549. The Hall–Kier alpha value is -3.54. The molecule has 0 fully saturated rings. The summed E-state index contributed by atoms with van der Waals surface area (Å²) >= 11 is 0. The van der Waals surface area contributed by atoms with Gasteiger partial charge in [-0.3, -0.25) is 4.79 Å². The van der Waals surface area contributed by atoms with E-state index in [1.54, 1.807) is 26.4 Å². The van der Waals surface area contributed by atoms with Crippen LogP contribution in [0.2, 0.25) is 0 Å². The third-order valence-electron chi connectivity index (χ3n) is 5.78. The van der Waals surface area contributed by atoms with Gasteiger partial charge in [-0.05, 0) is 73.0 Å². The number of hydrogen-bond acceptors (Lipinski definition) is 4. The first kappa shape index (κ1) is 21.7. The van der Waals surface area contributed by atoms with Crippen LogP contribution in [0.15, 0.2) is 60.7 Å². The zero-order valence-electron chi connectivity index (χ0n) is 18.4. The lowest BCUT2D eigenvalue weighted by Gasteiger charge is -2.37. The first-order valence-electron chi connectivity index (χ1n) is 10.5. The Morgan fingerprint density at radius 1 is 1.00 bits per heavy atom. The second-order valence-corrected chi connectivity index (χ2v) is 7.80. The van der Waals surface area contributed by atoms with E-state index in [2.05, 4.69) is 0 Å². The Labute approximate surface area is 187 Å². The second-order valence-electron chi connectivity index (χ2n) is 7.80. The number of amides is 1. The van der Waals surface area contributed by atoms with Gasteiger partial charge in [-0.25, -0.2) is 4.39 Å². The van der Waals surface area contributed by atoms with Crippen LogP contribution in [0.4, 0.5) is 4.39 Å². The number of fused-ring (bicyclic) bond motifs is 1. The smallest absolute Gasteiger partial charge is 0.254 e. The Balaban J connectivity index is 1.69. The van der Waals surface area contributed by atoms with Gasteiger partial charge < -0.3 is 19.1 Å². The summed E-state index contributed by atoms with van der Waals surface area (Å²) in [5.74, 6) is 1.42. The van der Waals surface area contributed by atoms with Crippen molar-refractivity contribution in [1.29, 1.82) is 0 Å². The standard InChI is InChI=1S/C26H26FNO4/c1-17-4-6-18(7-5-17)26(29)28-13-12-19-14-24(30-2)25(31-3)15-22(19)23(28)16-32-21-10-8-20(27)9-11-21/h4-11,14-15,23H,12-13,16H2,1-3H3/t23-/m1/s1. The highest BCUT2D eigenvalue weighted by Gasteiger charge is 2.33. The van der Waals surface area contributed by atoms with Crippen LogP contribution in [-0.4, -0.2) is 38.2 Å². The molecule has 0 saturated carbocycles. The van der Waals surface area contributed by atoms with Gasteiger partial charge in [0.05, 0.1) is 20.3 Å². The topological polar surface area (TPSA) is 48.0 Å². The van der Waals surface area contributed by atoms with Gasteiger partial charge in [0.2, 0.25) is 0 Å². The molecule has 1 atom stereocenters. The molecule has 0 aliphatic carbocycles. The first-order valence-corrected chi connectivity index (χ1v) is 10.5. The van der Waals surface area contributed by atoms with Gasteiger partial charge >= 0.3 is 0 Å². The number of methoxy groups -OCH3 is 2. The van der Waals surface area contributed by atoms with E-state index in [0.717, 1.165) is 16.7 Å². The molecule has 3 aromatic rings. The molecule has 1 aliphatic heterocycles. The van der Waals surface area contributed by atoms with Crippen molar-refractivity contribution >= 4 is 5.91 Å². The molecule has 4 rings (SSSR count). The monoisotopic (exact) mass is 435 g/mol. The van der Waals surface area contributed by atoms with Crippen molar-refractivity contribution in [2.24, 2.45) is 0 Å². The van der Waals surface area contributed by atoms with Gasteiger partial charge in [0.1, 0.15) is 18.2 Å². The maximum Gasteiger partial charge on any atom is 0.254 e. The van der Waals surface area contributed by atoms with E-state index < -0.39 is 0 Å². The molecule has 0 aromatic heterocycles. The Morgan fingerprint density at radius 3 is 2.31 bits per heavy atom. The number of nitrogens with zero attached hydrogens (tertiary/aromatic N) is 1. The summed E-state index contributed by atoms with van der Waals surface area (Å²) in [6.07, 6.45) is 0.695. The van der Waals surface area contributed by atoms with Gasteiger partial charge in [0.25, 0.3) is 5.91 Å². The van der Waals surface area contributed by atoms with E-state index in [-0.39, 0.29) is 24.4 Å². The largest absolute Gasteiger partial charge is 0.493 e. The zero-order chi connectivity index (χ0) is 22.7. The van der Waals surface area contributed by atoms with Gasteiger partial charge in [-0.1, -0.05) is 17.7 Å². The van der Waals surface area contributed by atoms with Crippen LogP contribution in [0, 0.1) is 12.7 Å². The molecule has 0 spiro atoms. The van der Waals surface area contributed by atoms with Crippen LogP contribution in [0.3, 0.4) is 0 Å². The molecular formula is C26H26FNO4. The van der Waals surface area contributed by atoms with Crippen LogP contribution >= 0.6 is 0 Å². The van der Waals surface area contributed by atoms with Crippen molar-refractivity contribution in [3.8, 4) is 17.2 Å². The lowest BCUT2D eigenvalue weighted by molar-refractivity contribution is 0.0589. The maximum atomic E-state index is 13.4. The Kier molecular flexibility index (Phi) is 6.30. The minimum atomic E-state index is -0.336. The highest BCUT2D eigenvalue weighted by Crippen LogP contribution is 2.39. The lowest BCUT2D eigenvalue weighted by atomic mass is 9.91. The van der Waals surface area contributed by atoms with Gasteiger partial charge in [-0.15, -0.1) is 0 Å². The molecule has 1 heterocycles. The van der Waals surface area contributed by atoms with E-state index in [1.807, 2.05) is 48.2 Å². The van der Waals surface area contributed by atoms with E-state index in [0.29, 0.717) is 35.8 Å². The summed E-state index contributed by atoms with van der Waals surface area (Å²) in [6.45, 7) is 2.77. The Morgan fingerprint density at radius 2 is 1.66 bits per heavy atom. The molecule has 3 aromatic carbocycles. The average molecular weight is 435 g/mol. The number of aryl methyl sites for hydroxylation is 1. The van der Waals surface area contributed by atoms with E-state index in [9.17, 15) is 9.18 Å². The first-order chi connectivity index (χ1) is 15.5. The number of halogens is 1. The summed E-state index contributed by atoms with van der Waals surface area (Å²) in [6, 6.07) is 17.0. The molecule has 0 N–H and O–H groups in total. The van der Waals surface area contributed by atoms with Gasteiger partial charge in [0, 0.05) is 12.1 Å². The van der Waals surface area contributed by atoms with E-state index in [1.165, 1.54) is 12.1 Å². The number of rotatable bonds is 6. The fourth-order valence-corrected chi connectivity index (χ4v) is 4.02. The summed E-state index contributed by atoms with van der Waals surface area (Å²) in [5.41, 5.74) is 3.77. The molecule has 6 heteroatoms. The molecule has 32 heavy (non-hydrogen) atoms. The fraction of sp³-hybridized carbons (Fsp3) is 0.269. The van der Waals surface area contributed by atoms with Crippen LogP contribution in [0.1, 0.15) is 33.1 Å². The second kappa shape index (κ2) is 9.30. The number of carbonyl (C=O) groups is 1. The summed E-state index contributed by atoms with van der Waals surface area (Å²) in [4.78, 5) is 15.3. The van der Waals surface area contributed by atoms with Crippen molar-refractivity contribution in [2.75, 3.05) is 27.4 Å². The molecule has 1 amide bonds. The summed E-state index contributed by atoms with van der Waals surface area (Å²) < 4.78 is 30.2.